The Morgan fingerprint density at radius 2 is 2.08 bits per heavy atom. The van der Waals surface area contributed by atoms with E-state index in [1.807, 2.05) is 0 Å². The minimum Gasteiger partial charge on any atom is -0.505 e. The highest BCUT2D eigenvalue weighted by atomic mass is 35.5. The van der Waals surface area contributed by atoms with Crippen molar-refractivity contribution in [2.75, 3.05) is 0 Å². The minimum atomic E-state index is -1.31. The highest BCUT2D eigenvalue weighted by molar-refractivity contribution is 6.33. The van der Waals surface area contributed by atoms with E-state index in [0.717, 1.165) is 12.1 Å². The first-order chi connectivity index (χ1) is 5.52. The van der Waals surface area contributed by atoms with E-state index in [1.165, 1.54) is 0 Å². The van der Waals surface area contributed by atoms with Crippen molar-refractivity contribution in [3.05, 3.63) is 28.5 Å². The summed E-state index contributed by atoms with van der Waals surface area (Å²) in [5.74, 6) is -2.97. The summed E-state index contributed by atoms with van der Waals surface area (Å²) in [4.78, 5) is 10.4. The average molecular weight is 191 g/mol. The van der Waals surface area contributed by atoms with Crippen LogP contribution in [0, 0.1) is 5.82 Å². The van der Waals surface area contributed by atoms with Gasteiger partial charge in [-0.25, -0.2) is 9.18 Å². The third kappa shape index (κ3) is 1.48. The molecule has 0 saturated carbocycles. The minimum absolute atomic E-state index is 0.238. The van der Waals surface area contributed by atoms with Gasteiger partial charge in [0.1, 0.15) is 0 Å². The molecule has 0 aromatic heterocycles. The molecule has 1 aromatic carbocycles. The maximum absolute atomic E-state index is 12.5. The molecule has 1 rings (SSSR count). The molecule has 0 saturated heterocycles. The van der Waals surface area contributed by atoms with Crippen molar-refractivity contribution >= 4 is 17.6 Å². The van der Waals surface area contributed by atoms with Crippen LogP contribution in [0.25, 0.3) is 0 Å². The molecule has 0 heterocycles. The second-order valence-electron chi connectivity index (χ2n) is 2.09. The van der Waals surface area contributed by atoms with E-state index in [1.54, 1.807) is 0 Å². The topological polar surface area (TPSA) is 57.5 Å². The third-order valence-corrected chi connectivity index (χ3v) is 1.58. The standard InChI is InChI=1S/C7H4ClFO3/c8-4-2-5(9)6(10)1-3(4)7(11)12/h1-2,10H,(H,11,12). The van der Waals surface area contributed by atoms with E-state index >= 15 is 0 Å². The summed E-state index contributed by atoms with van der Waals surface area (Å²) in [5, 5.41) is 17.0. The molecule has 0 radical (unpaired) electrons. The highest BCUT2D eigenvalue weighted by Gasteiger charge is 2.12. The third-order valence-electron chi connectivity index (χ3n) is 1.27. The van der Waals surface area contributed by atoms with Crippen molar-refractivity contribution in [1.29, 1.82) is 0 Å². The van der Waals surface area contributed by atoms with Gasteiger partial charge in [-0.2, -0.15) is 0 Å². The molecule has 0 atom stereocenters. The van der Waals surface area contributed by atoms with Crippen LogP contribution in [0.3, 0.4) is 0 Å². The van der Waals surface area contributed by atoms with Gasteiger partial charge in [-0.05, 0) is 12.1 Å². The van der Waals surface area contributed by atoms with Crippen LogP contribution in [0.2, 0.25) is 5.02 Å². The number of carboxylic acids is 1. The lowest BCUT2D eigenvalue weighted by Crippen LogP contribution is -1.97. The molecule has 0 spiro atoms. The lowest BCUT2D eigenvalue weighted by atomic mass is 10.2. The van der Waals surface area contributed by atoms with Crippen LogP contribution < -0.4 is 0 Å². The lowest BCUT2D eigenvalue weighted by Gasteiger charge is -1.99. The summed E-state index contributed by atoms with van der Waals surface area (Å²) < 4.78 is 12.5. The zero-order chi connectivity index (χ0) is 9.30. The number of phenolic OH excluding ortho intramolecular Hbond substituents is 1. The van der Waals surface area contributed by atoms with E-state index < -0.39 is 17.5 Å². The molecule has 3 nitrogen and oxygen atoms in total. The van der Waals surface area contributed by atoms with Gasteiger partial charge in [0.05, 0.1) is 10.6 Å². The van der Waals surface area contributed by atoms with Crippen molar-refractivity contribution in [3.63, 3.8) is 0 Å². The maximum Gasteiger partial charge on any atom is 0.337 e. The molecule has 0 amide bonds. The zero-order valence-corrected chi connectivity index (χ0v) is 6.47. The largest absolute Gasteiger partial charge is 0.505 e. The smallest absolute Gasteiger partial charge is 0.337 e. The van der Waals surface area contributed by atoms with Gasteiger partial charge in [0.15, 0.2) is 11.6 Å². The van der Waals surface area contributed by atoms with Crippen LogP contribution in [0.5, 0.6) is 5.75 Å². The van der Waals surface area contributed by atoms with Gasteiger partial charge in [-0.3, -0.25) is 0 Å². The Labute approximate surface area is 72.0 Å². The van der Waals surface area contributed by atoms with E-state index in [0.29, 0.717) is 0 Å². The fourth-order valence-corrected chi connectivity index (χ4v) is 0.933. The van der Waals surface area contributed by atoms with Crippen LogP contribution in [0.1, 0.15) is 10.4 Å². The second-order valence-corrected chi connectivity index (χ2v) is 2.50. The molecule has 0 bridgehead atoms. The van der Waals surface area contributed by atoms with E-state index in [4.69, 9.17) is 21.8 Å². The molecule has 0 aliphatic heterocycles. The number of aromatic hydroxyl groups is 1. The number of phenols is 1. The Balaban J connectivity index is 3.33. The Morgan fingerprint density at radius 3 is 2.58 bits per heavy atom. The number of aromatic carboxylic acids is 1. The van der Waals surface area contributed by atoms with Crippen LogP contribution in [0.15, 0.2) is 12.1 Å². The number of hydrogen-bond donors (Lipinski definition) is 2. The SMILES string of the molecule is O=C(O)c1cc(O)c(F)cc1Cl. The predicted molar refractivity (Wildman–Crippen MR) is 40.0 cm³/mol. The number of carbonyl (C=O) groups is 1. The molecule has 0 aliphatic carbocycles. The van der Waals surface area contributed by atoms with Gasteiger partial charge < -0.3 is 10.2 Å². The van der Waals surface area contributed by atoms with Crippen molar-refractivity contribution in [2.24, 2.45) is 0 Å². The lowest BCUT2D eigenvalue weighted by molar-refractivity contribution is 0.0696. The zero-order valence-electron chi connectivity index (χ0n) is 5.71. The number of benzene rings is 1. The molecule has 5 heteroatoms. The first-order valence-corrected chi connectivity index (χ1v) is 3.31. The molecule has 64 valence electrons. The summed E-state index contributed by atoms with van der Waals surface area (Å²) >= 11 is 5.36. The van der Waals surface area contributed by atoms with Crippen LogP contribution in [-0.4, -0.2) is 16.2 Å². The summed E-state index contributed by atoms with van der Waals surface area (Å²) in [5.41, 5.74) is -0.324. The second kappa shape index (κ2) is 2.98. The van der Waals surface area contributed by atoms with Gasteiger partial charge in [-0.1, -0.05) is 11.6 Å². The Morgan fingerprint density at radius 1 is 1.50 bits per heavy atom. The maximum atomic E-state index is 12.5. The molecule has 12 heavy (non-hydrogen) atoms. The Hall–Kier alpha value is -1.29. The van der Waals surface area contributed by atoms with Gasteiger partial charge in [0.2, 0.25) is 0 Å². The molecule has 1 aromatic rings. The van der Waals surface area contributed by atoms with Gasteiger partial charge >= 0.3 is 5.97 Å². The summed E-state index contributed by atoms with van der Waals surface area (Å²) in [6, 6.07) is 1.51. The molecule has 2 N–H and O–H groups in total. The van der Waals surface area contributed by atoms with Crippen LogP contribution in [0.4, 0.5) is 4.39 Å². The van der Waals surface area contributed by atoms with Gasteiger partial charge in [0, 0.05) is 0 Å². The molecular weight excluding hydrogens is 187 g/mol. The van der Waals surface area contributed by atoms with E-state index in [9.17, 15) is 9.18 Å². The average Bonchev–Trinajstić information content (AvgIpc) is 1.96. The fraction of sp³-hybridized carbons (Fsp3) is 0. The fourth-order valence-electron chi connectivity index (χ4n) is 0.701. The normalized spacial score (nSPS) is 9.83. The summed E-state index contributed by atoms with van der Waals surface area (Å²) in [6.45, 7) is 0. The molecule has 0 aliphatic rings. The predicted octanol–water partition coefficient (Wildman–Crippen LogP) is 1.88. The van der Waals surface area contributed by atoms with E-state index in [2.05, 4.69) is 0 Å². The number of hydrogen-bond acceptors (Lipinski definition) is 2. The van der Waals surface area contributed by atoms with Gasteiger partial charge in [-0.15, -0.1) is 0 Å². The monoisotopic (exact) mass is 190 g/mol. The van der Waals surface area contributed by atoms with Crippen molar-refractivity contribution in [3.8, 4) is 5.75 Å². The first-order valence-electron chi connectivity index (χ1n) is 2.93. The molecule has 0 fully saturated rings. The van der Waals surface area contributed by atoms with Crippen molar-refractivity contribution in [2.45, 2.75) is 0 Å². The van der Waals surface area contributed by atoms with Crippen LogP contribution >= 0.6 is 11.6 Å². The number of halogens is 2. The van der Waals surface area contributed by atoms with Gasteiger partial charge in [0.25, 0.3) is 0 Å². The summed E-state index contributed by atoms with van der Waals surface area (Å²) in [7, 11) is 0. The van der Waals surface area contributed by atoms with Crippen LogP contribution in [-0.2, 0) is 0 Å². The number of carboxylic acid groups (broad SMARTS) is 1. The Bertz CT molecular complexity index is 338. The highest BCUT2D eigenvalue weighted by Crippen LogP contribution is 2.24. The molecule has 0 unspecified atom stereocenters. The molecular formula is C7H4ClFO3. The van der Waals surface area contributed by atoms with E-state index in [-0.39, 0.29) is 10.6 Å². The first kappa shape index (κ1) is 8.80. The number of rotatable bonds is 1. The van der Waals surface area contributed by atoms with Crippen molar-refractivity contribution in [1.82, 2.24) is 0 Å². The van der Waals surface area contributed by atoms with Crippen molar-refractivity contribution < 1.29 is 19.4 Å². The summed E-state index contributed by atoms with van der Waals surface area (Å²) in [6.07, 6.45) is 0. The Kier molecular flexibility index (Phi) is 2.19. The quantitative estimate of drug-likeness (QED) is 0.711.